The molecule has 0 saturated carbocycles. The Balaban J connectivity index is 1.90. The van der Waals surface area contributed by atoms with Gasteiger partial charge in [-0.3, -0.25) is 0 Å². The van der Waals surface area contributed by atoms with E-state index in [0.717, 1.165) is 32.1 Å². The maximum Gasteiger partial charge on any atom is 0.222 e. The highest BCUT2D eigenvalue weighted by atomic mass is 16.5. The Labute approximate surface area is 162 Å². The van der Waals surface area contributed by atoms with Gasteiger partial charge in [0.05, 0.1) is 12.8 Å². The molecular formula is C21H32N4O2. The van der Waals surface area contributed by atoms with Crippen LogP contribution in [0, 0.1) is 0 Å². The molecule has 1 atom stereocenters. The Hall–Kier alpha value is -2.34. The standard InChI is InChI=1S/C21H32N4O2/c1-3-6-18(12-13-26)24-20-19(15-23-21(22)25-20)27-14-5-7-17-10-8-16(4-2)9-11-17/h8-11,15,18,26H,3-7,12-14H2,1-2H3,(H3,22,23,24,25). The molecular weight excluding hydrogens is 340 g/mol. The van der Waals surface area contributed by atoms with Crippen molar-refractivity contribution in [3.05, 3.63) is 41.6 Å². The summed E-state index contributed by atoms with van der Waals surface area (Å²) in [6.07, 6.45) is 7.16. The molecule has 6 heteroatoms. The van der Waals surface area contributed by atoms with Crippen molar-refractivity contribution in [1.82, 2.24) is 9.97 Å². The van der Waals surface area contributed by atoms with Gasteiger partial charge in [-0.15, -0.1) is 0 Å². The monoisotopic (exact) mass is 372 g/mol. The zero-order valence-electron chi connectivity index (χ0n) is 16.4. The third-order valence-corrected chi connectivity index (χ3v) is 4.53. The van der Waals surface area contributed by atoms with E-state index in [1.54, 1.807) is 6.20 Å². The number of benzene rings is 1. The molecule has 0 amide bonds. The van der Waals surface area contributed by atoms with Crippen molar-refractivity contribution in [3.63, 3.8) is 0 Å². The van der Waals surface area contributed by atoms with E-state index in [9.17, 15) is 5.11 Å². The molecule has 0 aliphatic heterocycles. The fraction of sp³-hybridized carbons (Fsp3) is 0.524. The van der Waals surface area contributed by atoms with Crippen LogP contribution in [0.25, 0.3) is 0 Å². The van der Waals surface area contributed by atoms with Crippen molar-refractivity contribution < 1.29 is 9.84 Å². The van der Waals surface area contributed by atoms with Crippen LogP contribution in [0.5, 0.6) is 5.75 Å². The van der Waals surface area contributed by atoms with Crippen LogP contribution in [0.1, 0.15) is 50.7 Å². The second-order valence-corrected chi connectivity index (χ2v) is 6.71. The second kappa shape index (κ2) is 11.4. The maximum absolute atomic E-state index is 9.25. The van der Waals surface area contributed by atoms with Crippen LogP contribution in [0.3, 0.4) is 0 Å². The third-order valence-electron chi connectivity index (χ3n) is 4.53. The first-order valence-corrected chi connectivity index (χ1v) is 9.86. The van der Waals surface area contributed by atoms with Gasteiger partial charge in [0, 0.05) is 12.6 Å². The molecule has 1 unspecified atom stereocenters. The summed E-state index contributed by atoms with van der Waals surface area (Å²) in [5.41, 5.74) is 8.41. The van der Waals surface area contributed by atoms with E-state index in [2.05, 4.69) is 53.4 Å². The minimum atomic E-state index is 0.130. The number of aliphatic hydroxyl groups excluding tert-OH is 1. The lowest BCUT2D eigenvalue weighted by molar-refractivity contribution is 0.276. The highest BCUT2D eigenvalue weighted by Crippen LogP contribution is 2.24. The van der Waals surface area contributed by atoms with Crippen molar-refractivity contribution >= 4 is 11.8 Å². The smallest absolute Gasteiger partial charge is 0.222 e. The number of ether oxygens (including phenoxy) is 1. The molecule has 0 aliphatic carbocycles. The molecule has 0 radical (unpaired) electrons. The fourth-order valence-electron chi connectivity index (χ4n) is 2.98. The van der Waals surface area contributed by atoms with Gasteiger partial charge in [0.15, 0.2) is 11.6 Å². The number of aromatic nitrogens is 2. The summed E-state index contributed by atoms with van der Waals surface area (Å²) >= 11 is 0. The van der Waals surface area contributed by atoms with Crippen molar-refractivity contribution in [2.45, 2.75) is 58.4 Å². The number of nitrogen functional groups attached to an aromatic ring is 1. The molecule has 1 aromatic heterocycles. The average Bonchev–Trinajstić information content (AvgIpc) is 2.67. The van der Waals surface area contributed by atoms with E-state index in [1.165, 1.54) is 11.1 Å². The van der Waals surface area contributed by atoms with Gasteiger partial charge < -0.3 is 20.9 Å². The number of rotatable bonds is 12. The van der Waals surface area contributed by atoms with Crippen molar-refractivity contribution in [2.75, 3.05) is 24.3 Å². The number of nitrogens with two attached hydrogens (primary N) is 1. The van der Waals surface area contributed by atoms with E-state index >= 15 is 0 Å². The van der Waals surface area contributed by atoms with Crippen molar-refractivity contribution in [1.29, 1.82) is 0 Å². The minimum Gasteiger partial charge on any atom is -0.488 e. The third kappa shape index (κ3) is 7.06. The summed E-state index contributed by atoms with van der Waals surface area (Å²) in [5.74, 6) is 1.41. The summed E-state index contributed by atoms with van der Waals surface area (Å²) in [6.45, 7) is 4.99. The molecule has 27 heavy (non-hydrogen) atoms. The first-order chi connectivity index (χ1) is 13.2. The van der Waals surface area contributed by atoms with Crippen molar-refractivity contribution in [2.24, 2.45) is 0 Å². The predicted octanol–water partition coefficient (Wildman–Crippen LogP) is 3.60. The molecule has 0 saturated heterocycles. The molecule has 2 rings (SSSR count). The summed E-state index contributed by atoms with van der Waals surface area (Å²) in [6, 6.07) is 8.86. The Bertz CT molecular complexity index is 670. The molecule has 4 N–H and O–H groups in total. The summed E-state index contributed by atoms with van der Waals surface area (Å²) < 4.78 is 5.91. The Morgan fingerprint density at radius 2 is 1.89 bits per heavy atom. The van der Waals surface area contributed by atoms with Gasteiger partial charge in [0.25, 0.3) is 0 Å². The molecule has 0 aliphatic rings. The molecule has 1 heterocycles. The number of nitrogens with zero attached hydrogens (tertiary/aromatic N) is 2. The quantitative estimate of drug-likeness (QED) is 0.493. The zero-order chi connectivity index (χ0) is 19.5. The number of aryl methyl sites for hydroxylation is 2. The van der Waals surface area contributed by atoms with Crippen LogP contribution in [0.2, 0.25) is 0 Å². The number of hydrogen-bond donors (Lipinski definition) is 3. The first kappa shape index (κ1) is 21.0. The van der Waals surface area contributed by atoms with Crippen molar-refractivity contribution in [3.8, 4) is 5.75 Å². The predicted molar refractivity (Wildman–Crippen MR) is 110 cm³/mol. The molecule has 2 aromatic rings. The average molecular weight is 373 g/mol. The lowest BCUT2D eigenvalue weighted by Gasteiger charge is -2.19. The number of aliphatic hydroxyl groups is 1. The van der Waals surface area contributed by atoms with E-state index in [4.69, 9.17) is 10.5 Å². The van der Waals surface area contributed by atoms with Gasteiger partial charge in [-0.2, -0.15) is 4.98 Å². The van der Waals surface area contributed by atoms with E-state index < -0.39 is 0 Å². The number of anilines is 2. The number of nitrogens with one attached hydrogen (secondary N) is 1. The maximum atomic E-state index is 9.25. The Morgan fingerprint density at radius 3 is 2.56 bits per heavy atom. The second-order valence-electron chi connectivity index (χ2n) is 6.71. The van der Waals surface area contributed by atoms with Crippen LogP contribution in [0.15, 0.2) is 30.5 Å². The topological polar surface area (TPSA) is 93.3 Å². The molecule has 6 nitrogen and oxygen atoms in total. The van der Waals surface area contributed by atoms with Gasteiger partial charge >= 0.3 is 0 Å². The Morgan fingerprint density at radius 1 is 1.15 bits per heavy atom. The molecule has 1 aromatic carbocycles. The molecule has 148 valence electrons. The van der Waals surface area contributed by atoms with Gasteiger partial charge in [-0.1, -0.05) is 44.5 Å². The van der Waals surface area contributed by atoms with E-state index in [-0.39, 0.29) is 18.6 Å². The summed E-state index contributed by atoms with van der Waals surface area (Å²) in [5, 5.41) is 12.6. The largest absolute Gasteiger partial charge is 0.488 e. The zero-order valence-corrected chi connectivity index (χ0v) is 16.4. The minimum absolute atomic E-state index is 0.130. The SMILES string of the molecule is CCCC(CCO)Nc1nc(N)ncc1OCCCc1ccc(CC)cc1. The lowest BCUT2D eigenvalue weighted by atomic mass is 10.1. The molecule has 0 spiro atoms. The van der Waals surface area contributed by atoms with Crippen LogP contribution in [-0.2, 0) is 12.8 Å². The van der Waals surface area contributed by atoms with Gasteiger partial charge in [-0.25, -0.2) is 4.98 Å². The van der Waals surface area contributed by atoms with Gasteiger partial charge in [-0.05, 0) is 43.2 Å². The van der Waals surface area contributed by atoms with Crippen LogP contribution in [-0.4, -0.2) is 34.3 Å². The van der Waals surface area contributed by atoms with Gasteiger partial charge in [0.1, 0.15) is 0 Å². The molecule has 0 fully saturated rings. The van der Waals surface area contributed by atoms with Crippen LogP contribution >= 0.6 is 0 Å². The fourth-order valence-corrected chi connectivity index (χ4v) is 2.98. The summed E-state index contributed by atoms with van der Waals surface area (Å²) in [7, 11) is 0. The first-order valence-electron chi connectivity index (χ1n) is 9.86. The highest BCUT2D eigenvalue weighted by molar-refractivity contribution is 5.51. The van der Waals surface area contributed by atoms with Crippen LogP contribution < -0.4 is 15.8 Å². The van der Waals surface area contributed by atoms with Gasteiger partial charge in [0.2, 0.25) is 5.95 Å². The Kier molecular flexibility index (Phi) is 8.84. The lowest BCUT2D eigenvalue weighted by Crippen LogP contribution is -2.22. The highest BCUT2D eigenvalue weighted by Gasteiger charge is 2.13. The van der Waals surface area contributed by atoms with Crippen LogP contribution in [0.4, 0.5) is 11.8 Å². The number of hydrogen-bond acceptors (Lipinski definition) is 6. The summed E-state index contributed by atoms with van der Waals surface area (Å²) in [4.78, 5) is 8.33. The molecule has 0 bridgehead atoms. The van der Waals surface area contributed by atoms with E-state index in [0.29, 0.717) is 24.6 Å². The van der Waals surface area contributed by atoms with E-state index in [1.807, 2.05) is 0 Å². The normalized spacial score (nSPS) is 12.0.